The van der Waals surface area contributed by atoms with E-state index < -0.39 is 10.2 Å². The second-order valence-corrected chi connectivity index (χ2v) is 8.05. The quantitative estimate of drug-likeness (QED) is 0.810. The summed E-state index contributed by atoms with van der Waals surface area (Å²) < 4.78 is 28.9. The van der Waals surface area contributed by atoms with E-state index in [0.29, 0.717) is 19.1 Å². The molecule has 0 aromatic rings. The van der Waals surface area contributed by atoms with E-state index in [-0.39, 0.29) is 6.04 Å². The highest BCUT2D eigenvalue weighted by molar-refractivity contribution is 7.86. The van der Waals surface area contributed by atoms with Crippen LogP contribution in [0, 0.1) is 0 Å². The molecule has 20 heavy (non-hydrogen) atoms. The van der Waals surface area contributed by atoms with E-state index in [0.717, 1.165) is 45.1 Å². The van der Waals surface area contributed by atoms with Crippen molar-refractivity contribution in [1.82, 2.24) is 13.9 Å². The van der Waals surface area contributed by atoms with Gasteiger partial charge in [-0.15, -0.1) is 0 Å². The van der Waals surface area contributed by atoms with Crippen LogP contribution < -0.4 is 5.32 Å². The van der Waals surface area contributed by atoms with Crippen LogP contribution in [0.25, 0.3) is 0 Å². The van der Waals surface area contributed by atoms with E-state index in [1.54, 1.807) is 15.7 Å². The first-order valence-electron chi connectivity index (χ1n) is 8.04. The molecule has 0 amide bonds. The third-order valence-corrected chi connectivity index (χ3v) is 6.59. The summed E-state index contributed by atoms with van der Waals surface area (Å²) in [6.45, 7) is 4.43. The maximum Gasteiger partial charge on any atom is 0.282 e. The molecule has 1 N–H and O–H groups in total. The maximum absolute atomic E-state index is 12.8. The van der Waals surface area contributed by atoms with Crippen LogP contribution in [0.3, 0.4) is 0 Å². The van der Waals surface area contributed by atoms with Crippen molar-refractivity contribution in [2.45, 2.75) is 64.0 Å². The highest BCUT2D eigenvalue weighted by Crippen LogP contribution is 2.27. The molecule has 0 aromatic carbocycles. The van der Waals surface area contributed by atoms with E-state index in [1.807, 2.05) is 0 Å². The molecular weight excluding hydrogens is 274 g/mol. The number of hydrogen-bond acceptors (Lipinski definition) is 3. The Morgan fingerprint density at radius 2 is 2.05 bits per heavy atom. The highest BCUT2D eigenvalue weighted by atomic mass is 32.2. The predicted octanol–water partition coefficient (Wildman–Crippen LogP) is 1.57. The number of unbranched alkanes of at least 4 members (excludes halogenated alkanes) is 1. The molecular formula is C14H29N3O2S. The van der Waals surface area contributed by atoms with Crippen LogP contribution in [-0.2, 0) is 10.2 Å². The Hall–Kier alpha value is -0.170. The van der Waals surface area contributed by atoms with Crippen molar-refractivity contribution in [2.75, 3.05) is 26.7 Å². The van der Waals surface area contributed by atoms with Crippen LogP contribution in [0.15, 0.2) is 0 Å². The molecule has 6 heteroatoms. The van der Waals surface area contributed by atoms with Crippen LogP contribution in [0.2, 0.25) is 0 Å². The van der Waals surface area contributed by atoms with Gasteiger partial charge in [0.25, 0.3) is 10.2 Å². The average Bonchev–Trinajstić information content (AvgIpc) is 2.98. The summed E-state index contributed by atoms with van der Waals surface area (Å²) in [5.41, 5.74) is 0. The third-order valence-electron chi connectivity index (χ3n) is 4.58. The molecule has 2 fully saturated rings. The number of piperidine rings is 1. The SMILES string of the molecule is CCCCN(C)S(=O)(=O)N1CCCCC1C1CCCN1. The van der Waals surface area contributed by atoms with Crippen molar-refractivity contribution in [1.29, 1.82) is 0 Å². The van der Waals surface area contributed by atoms with Gasteiger partial charge in [0.05, 0.1) is 0 Å². The summed E-state index contributed by atoms with van der Waals surface area (Å²) in [4.78, 5) is 0. The van der Waals surface area contributed by atoms with Crippen molar-refractivity contribution < 1.29 is 8.42 Å². The monoisotopic (exact) mass is 303 g/mol. The molecule has 0 aliphatic carbocycles. The first-order valence-corrected chi connectivity index (χ1v) is 9.43. The van der Waals surface area contributed by atoms with E-state index >= 15 is 0 Å². The minimum absolute atomic E-state index is 0.153. The first-order chi connectivity index (χ1) is 9.57. The molecule has 118 valence electrons. The molecule has 2 aliphatic rings. The maximum atomic E-state index is 12.8. The molecule has 2 heterocycles. The molecule has 0 aromatic heterocycles. The fourth-order valence-electron chi connectivity index (χ4n) is 3.33. The van der Waals surface area contributed by atoms with Crippen LogP contribution in [0.1, 0.15) is 51.9 Å². The fourth-order valence-corrected chi connectivity index (χ4v) is 5.01. The topological polar surface area (TPSA) is 52.7 Å². The molecule has 2 aliphatic heterocycles. The lowest BCUT2D eigenvalue weighted by atomic mass is 9.97. The third kappa shape index (κ3) is 3.53. The number of hydrogen-bond donors (Lipinski definition) is 1. The normalized spacial score (nSPS) is 29.1. The summed E-state index contributed by atoms with van der Waals surface area (Å²) in [7, 11) is -1.57. The Labute approximate surface area is 123 Å². The van der Waals surface area contributed by atoms with E-state index in [2.05, 4.69) is 12.2 Å². The molecule has 2 atom stereocenters. The number of nitrogens with zero attached hydrogens (tertiary/aromatic N) is 2. The van der Waals surface area contributed by atoms with Gasteiger partial charge < -0.3 is 5.32 Å². The molecule has 2 rings (SSSR count). The highest BCUT2D eigenvalue weighted by Gasteiger charge is 2.39. The molecule has 0 bridgehead atoms. The summed E-state index contributed by atoms with van der Waals surface area (Å²) in [6, 6.07) is 0.505. The van der Waals surface area contributed by atoms with Gasteiger partial charge in [-0.25, -0.2) is 0 Å². The van der Waals surface area contributed by atoms with Gasteiger partial charge in [0.2, 0.25) is 0 Å². The lowest BCUT2D eigenvalue weighted by Crippen LogP contribution is -2.55. The van der Waals surface area contributed by atoms with E-state index in [9.17, 15) is 8.42 Å². The molecule has 0 spiro atoms. The summed E-state index contributed by atoms with van der Waals surface area (Å²) in [5.74, 6) is 0. The number of rotatable bonds is 6. The van der Waals surface area contributed by atoms with Crippen LogP contribution >= 0.6 is 0 Å². The Kier molecular flexibility index (Phi) is 5.84. The second kappa shape index (κ2) is 7.20. The van der Waals surface area contributed by atoms with Crippen LogP contribution in [0.4, 0.5) is 0 Å². The Morgan fingerprint density at radius 1 is 1.25 bits per heavy atom. The minimum atomic E-state index is -3.29. The summed E-state index contributed by atoms with van der Waals surface area (Å²) in [6.07, 6.45) is 7.36. The summed E-state index contributed by atoms with van der Waals surface area (Å²) >= 11 is 0. The zero-order valence-corrected chi connectivity index (χ0v) is 13.7. The van der Waals surface area contributed by atoms with Crippen LogP contribution in [-0.4, -0.2) is 55.8 Å². The average molecular weight is 303 g/mol. The van der Waals surface area contributed by atoms with Crippen molar-refractivity contribution in [3.05, 3.63) is 0 Å². The second-order valence-electron chi connectivity index (χ2n) is 6.06. The van der Waals surface area contributed by atoms with Gasteiger partial charge in [0.15, 0.2) is 0 Å². The summed E-state index contributed by atoms with van der Waals surface area (Å²) in [5, 5.41) is 3.49. The van der Waals surface area contributed by atoms with Crippen molar-refractivity contribution in [3.8, 4) is 0 Å². The predicted molar refractivity (Wildman–Crippen MR) is 81.8 cm³/mol. The molecule has 0 radical (unpaired) electrons. The largest absolute Gasteiger partial charge is 0.312 e. The van der Waals surface area contributed by atoms with Crippen molar-refractivity contribution in [2.24, 2.45) is 0 Å². The lowest BCUT2D eigenvalue weighted by Gasteiger charge is -2.40. The van der Waals surface area contributed by atoms with Gasteiger partial charge in [0.1, 0.15) is 0 Å². The van der Waals surface area contributed by atoms with Gasteiger partial charge in [0, 0.05) is 32.2 Å². The minimum Gasteiger partial charge on any atom is -0.312 e. The van der Waals surface area contributed by atoms with Gasteiger partial charge in [-0.2, -0.15) is 17.0 Å². The zero-order valence-electron chi connectivity index (χ0n) is 12.8. The zero-order chi connectivity index (χ0) is 14.6. The van der Waals surface area contributed by atoms with E-state index in [1.165, 1.54) is 6.42 Å². The fraction of sp³-hybridized carbons (Fsp3) is 1.00. The van der Waals surface area contributed by atoms with E-state index in [4.69, 9.17) is 0 Å². The molecule has 0 saturated carbocycles. The lowest BCUT2D eigenvalue weighted by molar-refractivity contribution is 0.199. The Morgan fingerprint density at radius 3 is 2.70 bits per heavy atom. The van der Waals surface area contributed by atoms with Gasteiger partial charge in [-0.3, -0.25) is 0 Å². The molecule has 5 nitrogen and oxygen atoms in total. The molecule has 2 saturated heterocycles. The van der Waals surface area contributed by atoms with Gasteiger partial charge >= 0.3 is 0 Å². The van der Waals surface area contributed by atoms with Gasteiger partial charge in [-0.1, -0.05) is 19.8 Å². The van der Waals surface area contributed by atoms with Crippen molar-refractivity contribution >= 4 is 10.2 Å². The van der Waals surface area contributed by atoms with Gasteiger partial charge in [-0.05, 0) is 38.6 Å². The first kappa shape index (κ1) is 16.2. The Balaban J connectivity index is 2.09. The smallest absolute Gasteiger partial charge is 0.282 e. The standard InChI is InChI=1S/C14H29N3O2S/c1-3-4-11-16(2)20(18,19)17-12-6-5-9-14(17)13-8-7-10-15-13/h13-15H,3-12H2,1-2H3. The number of nitrogens with one attached hydrogen (secondary N) is 1. The molecule has 2 unspecified atom stereocenters. The van der Waals surface area contributed by atoms with Crippen molar-refractivity contribution in [3.63, 3.8) is 0 Å². The Bertz CT molecular complexity index is 393. The van der Waals surface area contributed by atoms with Crippen LogP contribution in [0.5, 0.6) is 0 Å².